The zero-order chi connectivity index (χ0) is 24.0. The molecule has 2 aliphatic rings. The van der Waals surface area contributed by atoms with Gasteiger partial charge in [0.05, 0.1) is 17.7 Å². The third kappa shape index (κ3) is 5.24. The quantitative estimate of drug-likeness (QED) is 0.522. The van der Waals surface area contributed by atoms with Crippen molar-refractivity contribution in [3.05, 3.63) is 84.3 Å². The first-order valence-electron chi connectivity index (χ1n) is 11.9. The summed E-state index contributed by atoms with van der Waals surface area (Å²) in [5.74, 6) is 0.911. The maximum absolute atomic E-state index is 13.8. The molecule has 1 aromatic heterocycles. The van der Waals surface area contributed by atoms with Crippen LogP contribution < -0.4 is 14.4 Å². The van der Waals surface area contributed by atoms with Gasteiger partial charge in [-0.25, -0.2) is 0 Å². The lowest BCUT2D eigenvalue weighted by atomic mass is 9.95. The van der Waals surface area contributed by atoms with Crippen LogP contribution >= 0.6 is 0 Å². The number of piperidine rings is 1. The van der Waals surface area contributed by atoms with Gasteiger partial charge in [0.2, 0.25) is 5.91 Å². The molecule has 0 aliphatic carbocycles. The van der Waals surface area contributed by atoms with E-state index in [9.17, 15) is 9.59 Å². The Labute approximate surface area is 204 Å². The van der Waals surface area contributed by atoms with E-state index in [4.69, 9.17) is 13.9 Å². The predicted octanol–water partition coefficient (Wildman–Crippen LogP) is 4.65. The Morgan fingerprint density at radius 2 is 1.86 bits per heavy atom. The molecule has 7 nitrogen and oxygen atoms in total. The van der Waals surface area contributed by atoms with Crippen LogP contribution in [0.4, 0.5) is 5.69 Å². The molecule has 1 unspecified atom stereocenters. The van der Waals surface area contributed by atoms with Crippen LogP contribution in [0.2, 0.25) is 0 Å². The molecule has 1 atom stereocenters. The average molecular weight is 473 g/mol. The molecule has 180 valence electrons. The molecule has 3 aromatic rings. The highest BCUT2D eigenvalue weighted by Crippen LogP contribution is 2.35. The SMILES string of the molecule is O=C(c1ccoc1)N1CCCC(C(=O)N(C/C=C/c2ccccc2)c2ccc3c(c2)OCCO3)C1. The molecule has 2 aliphatic heterocycles. The highest BCUT2D eigenvalue weighted by molar-refractivity contribution is 5.97. The number of furan rings is 1. The minimum atomic E-state index is -0.294. The summed E-state index contributed by atoms with van der Waals surface area (Å²) in [6.45, 7) is 2.40. The summed E-state index contributed by atoms with van der Waals surface area (Å²) in [5.41, 5.74) is 2.32. The topological polar surface area (TPSA) is 72.2 Å². The minimum absolute atomic E-state index is 0.0101. The molecule has 1 saturated heterocycles. The molecule has 1 fully saturated rings. The van der Waals surface area contributed by atoms with Crippen molar-refractivity contribution in [3.63, 3.8) is 0 Å². The average Bonchev–Trinajstić information content (AvgIpc) is 3.46. The van der Waals surface area contributed by atoms with Gasteiger partial charge in [0.15, 0.2) is 11.5 Å². The number of amides is 2. The van der Waals surface area contributed by atoms with Crippen molar-refractivity contribution in [2.45, 2.75) is 12.8 Å². The third-order valence-corrected chi connectivity index (χ3v) is 6.33. The molecule has 5 rings (SSSR count). The van der Waals surface area contributed by atoms with E-state index in [1.165, 1.54) is 12.5 Å². The Morgan fingerprint density at radius 1 is 1.03 bits per heavy atom. The molecule has 0 radical (unpaired) electrons. The molecule has 0 N–H and O–H groups in total. The number of rotatable bonds is 6. The lowest BCUT2D eigenvalue weighted by molar-refractivity contribution is -0.123. The summed E-state index contributed by atoms with van der Waals surface area (Å²) in [5, 5.41) is 0. The van der Waals surface area contributed by atoms with Crippen LogP contribution in [0.3, 0.4) is 0 Å². The lowest BCUT2D eigenvalue weighted by Gasteiger charge is -2.35. The largest absolute Gasteiger partial charge is 0.486 e. The number of hydrogen-bond acceptors (Lipinski definition) is 5. The van der Waals surface area contributed by atoms with Crippen LogP contribution in [-0.4, -0.2) is 49.6 Å². The van der Waals surface area contributed by atoms with Gasteiger partial charge in [0.25, 0.3) is 5.91 Å². The maximum Gasteiger partial charge on any atom is 0.257 e. The smallest absolute Gasteiger partial charge is 0.257 e. The van der Waals surface area contributed by atoms with E-state index in [1.54, 1.807) is 15.9 Å². The fourth-order valence-corrected chi connectivity index (χ4v) is 4.53. The van der Waals surface area contributed by atoms with E-state index in [1.807, 2.05) is 60.7 Å². The van der Waals surface area contributed by atoms with Crippen LogP contribution in [0.1, 0.15) is 28.8 Å². The molecule has 2 aromatic carbocycles. The van der Waals surface area contributed by atoms with Crippen molar-refractivity contribution in [1.29, 1.82) is 0 Å². The third-order valence-electron chi connectivity index (χ3n) is 6.33. The van der Waals surface area contributed by atoms with Gasteiger partial charge in [0.1, 0.15) is 19.5 Å². The van der Waals surface area contributed by atoms with E-state index < -0.39 is 0 Å². The summed E-state index contributed by atoms with van der Waals surface area (Å²) >= 11 is 0. The summed E-state index contributed by atoms with van der Waals surface area (Å²) in [7, 11) is 0. The molecule has 35 heavy (non-hydrogen) atoms. The Balaban J connectivity index is 1.37. The molecule has 2 amide bonds. The molecule has 0 spiro atoms. The Kier molecular flexibility index (Phi) is 6.84. The number of carbonyl (C=O) groups excluding carboxylic acids is 2. The predicted molar refractivity (Wildman–Crippen MR) is 133 cm³/mol. The number of anilines is 1. The first-order valence-corrected chi connectivity index (χ1v) is 11.9. The van der Waals surface area contributed by atoms with Gasteiger partial charge in [-0.2, -0.15) is 0 Å². The zero-order valence-corrected chi connectivity index (χ0v) is 19.5. The van der Waals surface area contributed by atoms with Crippen LogP contribution in [0, 0.1) is 5.92 Å². The second-order valence-corrected chi connectivity index (χ2v) is 8.69. The summed E-state index contributed by atoms with van der Waals surface area (Å²) in [4.78, 5) is 30.2. The number of benzene rings is 2. The Morgan fingerprint density at radius 3 is 2.66 bits per heavy atom. The van der Waals surface area contributed by atoms with Gasteiger partial charge in [-0.1, -0.05) is 42.5 Å². The highest BCUT2D eigenvalue weighted by atomic mass is 16.6. The van der Waals surface area contributed by atoms with E-state index in [0.29, 0.717) is 49.9 Å². The number of carbonyl (C=O) groups is 2. The van der Waals surface area contributed by atoms with Gasteiger partial charge in [0, 0.05) is 31.4 Å². The van der Waals surface area contributed by atoms with Gasteiger partial charge in [-0.3, -0.25) is 9.59 Å². The van der Waals surface area contributed by atoms with Gasteiger partial charge in [-0.15, -0.1) is 0 Å². The van der Waals surface area contributed by atoms with Gasteiger partial charge in [-0.05, 0) is 36.6 Å². The number of likely N-dealkylation sites (tertiary alicyclic amines) is 1. The van der Waals surface area contributed by atoms with Crippen molar-refractivity contribution in [2.75, 3.05) is 37.7 Å². The first-order chi connectivity index (χ1) is 17.2. The second-order valence-electron chi connectivity index (χ2n) is 8.69. The zero-order valence-electron chi connectivity index (χ0n) is 19.5. The van der Waals surface area contributed by atoms with Gasteiger partial charge >= 0.3 is 0 Å². The molecule has 0 bridgehead atoms. The van der Waals surface area contributed by atoms with Crippen molar-refractivity contribution in [2.24, 2.45) is 5.92 Å². The van der Waals surface area contributed by atoms with Crippen molar-refractivity contribution < 1.29 is 23.5 Å². The number of nitrogens with zero attached hydrogens (tertiary/aromatic N) is 2. The summed E-state index contributed by atoms with van der Waals surface area (Å²) in [6.07, 6.45) is 8.44. The Hall–Kier alpha value is -4.00. The maximum atomic E-state index is 13.8. The summed E-state index contributed by atoms with van der Waals surface area (Å²) < 4.78 is 16.5. The highest BCUT2D eigenvalue weighted by Gasteiger charge is 2.32. The molecule has 7 heteroatoms. The molecular weight excluding hydrogens is 444 g/mol. The van der Waals surface area contributed by atoms with E-state index >= 15 is 0 Å². The van der Waals surface area contributed by atoms with Gasteiger partial charge < -0.3 is 23.7 Å². The minimum Gasteiger partial charge on any atom is -0.486 e. The van der Waals surface area contributed by atoms with E-state index in [0.717, 1.165) is 24.1 Å². The van der Waals surface area contributed by atoms with Crippen LogP contribution in [-0.2, 0) is 4.79 Å². The van der Waals surface area contributed by atoms with E-state index in [-0.39, 0.29) is 17.7 Å². The monoisotopic (exact) mass is 472 g/mol. The first kappa shape index (κ1) is 22.8. The number of fused-ring (bicyclic) bond motifs is 1. The molecule has 3 heterocycles. The lowest BCUT2D eigenvalue weighted by Crippen LogP contribution is -2.47. The van der Waals surface area contributed by atoms with Crippen LogP contribution in [0.25, 0.3) is 6.08 Å². The molecule has 0 saturated carbocycles. The summed E-state index contributed by atoms with van der Waals surface area (Å²) in [6, 6.07) is 17.2. The fourth-order valence-electron chi connectivity index (χ4n) is 4.53. The number of ether oxygens (including phenoxy) is 2. The second kappa shape index (κ2) is 10.5. The van der Waals surface area contributed by atoms with Crippen LogP contribution in [0.15, 0.2) is 77.6 Å². The number of hydrogen-bond donors (Lipinski definition) is 0. The van der Waals surface area contributed by atoms with E-state index in [2.05, 4.69) is 0 Å². The van der Waals surface area contributed by atoms with Crippen LogP contribution in [0.5, 0.6) is 11.5 Å². The fraction of sp³-hybridized carbons (Fsp3) is 0.286. The standard InChI is InChI=1S/C28H28N2O5/c31-27(23-12-15-33-20-23)29-13-5-9-22(19-29)28(32)30(14-4-8-21-6-2-1-3-7-21)24-10-11-25-26(18-24)35-17-16-34-25/h1-4,6-8,10-12,15,18,20,22H,5,9,13-14,16-17,19H2/b8-4+. The molecular formula is C28H28N2O5. The van der Waals surface area contributed by atoms with Crippen molar-refractivity contribution in [3.8, 4) is 11.5 Å². The Bertz CT molecular complexity index is 1190. The normalized spacial score (nSPS) is 17.4. The van der Waals surface area contributed by atoms with Crippen molar-refractivity contribution >= 4 is 23.6 Å². The van der Waals surface area contributed by atoms with Crippen molar-refractivity contribution in [1.82, 2.24) is 4.90 Å².